The van der Waals surface area contributed by atoms with Crippen LogP contribution in [-0.2, 0) is 29.2 Å². The number of nitrogens with one attached hydrogen (secondary N) is 2. The minimum atomic E-state index is -5.08. The molecule has 0 amide bonds. The highest BCUT2D eigenvalue weighted by Gasteiger charge is 2.38. The Labute approximate surface area is 235 Å². The topological polar surface area (TPSA) is 153 Å². The highest BCUT2D eigenvalue weighted by molar-refractivity contribution is 5.90. The third-order valence-corrected chi connectivity index (χ3v) is 6.38. The first-order chi connectivity index (χ1) is 19.9. The quantitative estimate of drug-likeness (QED) is 0.172. The Hall–Kier alpha value is -4.60. The van der Waals surface area contributed by atoms with Crippen LogP contribution in [-0.4, -0.2) is 55.4 Å². The Balaban J connectivity index is 0.000000517. The van der Waals surface area contributed by atoms with Crippen molar-refractivity contribution in [2.24, 2.45) is 5.92 Å². The molecule has 0 spiro atoms. The smallest absolute Gasteiger partial charge is 0.475 e. The first-order valence-corrected chi connectivity index (χ1v) is 12.7. The van der Waals surface area contributed by atoms with E-state index < -0.39 is 23.8 Å². The summed E-state index contributed by atoms with van der Waals surface area (Å²) in [5.74, 6) is -3.30. The molecule has 3 heterocycles. The van der Waals surface area contributed by atoms with E-state index >= 15 is 0 Å². The zero-order valence-electron chi connectivity index (χ0n) is 22.3. The average Bonchev–Trinajstić information content (AvgIpc) is 3.61. The second-order valence-electron chi connectivity index (χ2n) is 9.48. The number of hydrogen-bond acceptors (Lipinski definition) is 9. The van der Waals surface area contributed by atoms with E-state index in [0.717, 1.165) is 43.4 Å². The number of aliphatic carboxylic acids is 1. The highest BCUT2D eigenvalue weighted by Crippen LogP contribution is 2.27. The van der Waals surface area contributed by atoms with Gasteiger partial charge in [-0.25, -0.2) is 18.6 Å². The summed E-state index contributed by atoms with van der Waals surface area (Å²) in [6.07, 6.45) is -2.22. The van der Waals surface area contributed by atoms with Gasteiger partial charge in [-0.05, 0) is 36.6 Å². The normalized spacial score (nSPS) is 14.9. The number of fused-ring (bicyclic) bond motifs is 1. The fourth-order valence-electron chi connectivity index (χ4n) is 4.11. The molecule has 4 aromatic rings. The number of nitrogens with two attached hydrogens (primary N) is 1. The fraction of sp³-hybridized carbons (Fsp3) is 0.346. The Morgan fingerprint density at radius 1 is 1.19 bits per heavy atom. The van der Waals surface area contributed by atoms with Crippen molar-refractivity contribution in [3.8, 4) is 0 Å². The molecule has 224 valence electrons. The summed E-state index contributed by atoms with van der Waals surface area (Å²) in [5.41, 5.74) is 9.26. The number of carbonyl (C=O) groups is 1. The van der Waals surface area contributed by atoms with Crippen LogP contribution >= 0.6 is 0 Å². The molecule has 0 radical (unpaired) electrons. The zero-order chi connectivity index (χ0) is 30.4. The largest absolute Gasteiger partial charge is 0.490 e. The molecule has 0 bridgehead atoms. The molecule has 1 aliphatic rings. The van der Waals surface area contributed by atoms with Crippen LogP contribution in [0.2, 0.25) is 0 Å². The lowest BCUT2D eigenvalue weighted by Gasteiger charge is -2.14. The lowest BCUT2D eigenvalue weighted by molar-refractivity contribution is -0.192. The molecule has 11 nitrogen and oxygen atoms in total. The molecule has 42 heavy (non-hydrogen) atoms. The lowest BCUT2D eigenvalue weighted by atomic mass is 10.1. The van der Waals surface area contributed by atoms with Gasteiger partial charge < -0.3 is 26.2 Å². The van der Waals surface area contributed by atoms with Crippen LogP contribution in [0.1, 0.15) is 23.2 Å². The molecule has 16 heteroatoms. The number of aromatic nitrogens is 5. The number of ether oxygens (including phenoxy) is 1. The minimum absolute atomic E-state index is 0.0144. The number of alkyl halides is 3. The van der Waals surface area contributed by atoms with E-state index in [2.05, 4.69) is 30.9 Å². The summed E-state index contributed by atoms with van der Waals surface area (Å²) < 4.78 is 67.5. The monoisotopic (exact) mass is 594 g/mol. The van der Waals surface area contributed by atoms with Crippen LogP contribution in [0.4, 0.5) is 39.4 Å². The van der Waals surface area contributed by atoms with Crippen LogP contribution in [0.25, 0.3) is 10.9 Å². The summed E-state index contributed by atoms with van der Waals surface area (Å²) in [7, 11) is 0. The van der Waals surface area contributed by atoms with Crippen molar-refractivity contribution >= 4 is 34.3 Å². The summed E-state index contributed by atoms with van der Waals surface area (Å²) in [4.78, 5) is 17.7. The SMILES string of the molecule is Cc1c(N)cccc1CNc1nc(NCc2cn(CC3CCOC3)nn2)nc2c(F)cc(F)cc12.O=C(O)C(F)(F)F. The highest BCUT2D eigenvalue weighted by atomic mass is 19.4. The number of halogens is 5. The van der Waals surface area contributed by atoms with Crippen molar-refractivity contribution in [2.45, 2.75) is 39.2 Å². The van der Waals surface area contributed by atoms with Gasteiger partial charge in [0.2, 0.25) is 5.95 Å². The van der Waals surface area contributed by atoms with Gasteiger partial charge in [0.15, 0.2) is 5.82 Å². The summed E-state index contributed by atoms with van der Waals surface area (Å²) in [6, 6.07) is 7.64. The molecule has 1 fully saturated rings. The van der Waals surface area contributed by atoms with E-state index in [4.69, 9.17) is 20.4 Å². The number of benzene rings is 2. The zero-order valence-corrected chi connectivity index (χ0v) is 22.3. The standard InChI is InChI=1S/C24H26F2N8O.C2HF3O2/c1-14-16(3-2-4-21(14)27)9-28-23-19-7-17(25)8-20(26)22(19)30-24(31-23)29-10-18-12-34(33-32-18)11-15-5-6-35-13-15;3-2(4,5)1(6)7/h2-4,7-8,12,15H,5-6,9-11,13,27H2,1H3,(H2,28,29,30,31);(H,6,7). The Morgan fingerprint density at radius 2 is 1.95 bits per heavy atom. The molecular formula is C26H27F5N8O3. The summed E-state index contributed by atoms with van der Waals surface area (Å²) in [6.45, 7) is 4.84. The summed E-state index contributed by atoms with van der Waals surface area (Å²) in [5, 5.41) is 22.0. The molecule has 2 aromatic carbocycles. The van der Waals surface area contributed by atoms with Gasteiger partial charge >= 0.3 is 12.1 Å². The number of nitrogen functional groups attached to an aromatic ring is 1. The van der Waals surface area contributed by atoms with Crippen LogP contribution in [0.3, 0.4) is 0 Å². The third-order valence-electron chi connectivity index (χ3n) is 6.38. The van der Waals surface area contributed by atoms with Gasteiger partial charge in [-0.1, -0.05) is 17.3 Å². The number of carboxylic acids is 1. The van der Waals surface area contributed by atoms with Crippen molar-refractivity contribution < 1.29 is 36.6 Å². The van der Waals surface area contributed by atoms with E-state index in [1.807, 2.05) is 31.3 Å². The van der Waals surface area contributed by atoms with E-state index in [9.17, 15) is 22.0 Å². The van der Waals surface area contributed by atoms with Crippen molar-refractivity contribution in [2.75, 3.05) is 29.6 Å². The van der Waals surface area contributed by atoms with E-state index in [0.29, 0.717) is 36.2 Å². The molecule has 2 aromatic heterocycles. The maximum absolute atomic E-state index is 14.6. The fourth-order valence-corrected chi connectivity index (χ4v) is 4.11. The Morgan fingerprint density at radius 3 is 2.64 bits per heavy atom. The molecule has 1 atom stereocenters. The van der Waals surface area contributed by atoms with Crippen LogP contribution < -0.4 is 16.4 Å². The molecule has 5 N–H and O–H groups in total. The Bertz CT molecular complexity index is 1560. The number of hydrogen-bond donors (Lipinski definition) is 4. The van der Waals surface area contributed by atoms with Gasteiger partial charge in [0, 0.05) is 42.8 Å². The Kier molecular flexibility index (Phi) is 9.35. The third kappa shape index (κ3) is 7.78. The molecule has 0 saturated carbocycles. The molecule has 5 rings (SSSR count). The molecule has 1 unspecified atom stereocenters. The van der Waals surface area contributed by atoms with Gasteiger partial charge in [0.1, 0.15) is 22.8 Å². The van der Waals surface area contributed by atoms with Gasteiger partial charge in [-0.15, -0.1) is 5.10 Å². The first-order valence-electron chi connectivity index (χ1n) is 12.7. The average molecular weight is 595 g/mol. The number of carboxylic acid groups (broad SMARTS) is 1. The maximum Gasteiger partial charge on any atom is 0.490 e. The van der Waals surface area contributed by atoms with Gasteiger partial charge in [0.25, 0.3) is 0 Å². The minimum Gasteiger partial charge on any atom is -0.475 e. The predicted molar refractivity (Wildman–Crippen MR) is 142 cm³/mol. The second kappa shape index (κ2) is 12.9. The molecule has 1 aliphatic heterocycles. The van der Waals surface area contributed by atoms with Crippen molar-refractivity contribution in [1.82, 2.24) is 25.0 Å². The maximum atomic E-state index is 14.6. The van der Waals surface area contributed by atoms with E-state index in [1.165, 1.54) is 6.07 Å². The van der Waals surface area contributed by atoms with Crippen molar-refractivity contribution in [1.29, 1.82) is 0 Å². The second-order valence-corrected chi connectivity index (χ2v) is 9.48. The number of anilines is 3. The van der Waals surface area contributed by atoms with Crippen molar-refractivity contribution in [3.63, 3.8) is 0 Å². The van der Waals surface area contributed by atoms with Crippen LogP contribution in [0.5, 0.6) is 0 Å². The van der Waals surface area contributed by atoms with E-state index in [1.54, 1.807) is 4.68 Å². The number of rotatable bonds is 8. The molecular weight excluding hydrogens is 567 g/mol. The number of nitrogens with zero attached hydrogens (tertiary/aromatic N) is 5. The first kappa shape index (κ1) is 30.4. The molecule has 1 saturated heterocycles. The van der Waals surface area contributed by atoms with Gasteiger partial charge in [0.05, 0.1) is 19.3 Å². The van der Waals surface area contributed by atoms with Crippen molar-refractivity contribution in [3.05, 3.63) is 65.0 Å². The summed E-state index contributed by atoms with van der Waals surface area (Å²) >= 11 is 0. The van der Waals surface area contributed by atoms with Gasteiger partial charge in [-0.3, -0.25) is 4.68 Å². The van der Waals surface area contributed by atoms with Crippen LogP contribution in [0, 0.1) is 24.5 Å². The molecule has 0 aliphatic carbocycles. The van der Waals surface area contributed by atoms with Gasteiger partial charge in [-0.2, -0.15) is 18.2 Å². The van der Waals surface area contributed by atoms with E-state index in [-0.39, 0.29) is 16.9 Å². The van der Waals surface area contributed by atoms with Crippen LogP contribution in [0.15, 0.2) is 36.5 Å². The lowest BCUT2D eigenvalue weighted by Crippen LogP contribution is -2.21. The predicted octanol–water partition coefficient (Wildman–Crippen LogP) is 4.28.